The van der Waals surface area contributed by atoms with Crippen LogP contribution in [0.15, 0.2) is 0 Å². The third kappa shape index (κ3) is 2.73. The van der Waals surface area contributed by atoms with Gasteiger partial charge < -0.3 is 10.1 Å². The molecule has 0 aromatic carbocycles. The topological polar surface area (TPSA) is 21.3 Å². The van der Waals surface area contributed by atoms with Gasteiger partial charge >= 0.3 is 0 Å². The second-order valence-corrected chi connectivity index (χ2v) is 5.47. The molecule has 1 saturated carbocycles. The lowest BCUT2D eigenvalue weighted by molar-refractivity contribution is -0.132. The Labute approximate surface area is 93.8 Å². The fourth-order valence-electron chi connectivity index (χ4n) is 3.21. The molecule has 0 aromatic rings. The molecule has 2 heteroatoms. The third-order valence-corrected chi connectivity index (χ3v) is 4.04. The fraction of sp³-hybridized carbons (Fsp3) is 1.00. The lowest BCUT2D eigenvalue weighted by atomic mass is 9.76. The molecule has 88 valence electrons. The van der Waals surface area contributed by atoms with Crippen molar-refractivity contribution >= 4 is 0 Å². The molecule has 1 aliphatic carbocycles. The van der Waals surface area contributed by atoms with Crippen LogP contribution in [0.25, 0.3) is 0 Å². The van der Waals surface area contributed by atoms with Gasteiger partial charge in [-0.05, 0) is 38.5 Å². The van der Waals surface area contributed by atoms with Crippen molar-refractivity contribution in [1.82, 2.24) is 5.32 Å². The number of ether oxygens (including phenoxy) is 1. The van der Waals surface area contributed by atoms with Gasteiger partial charge in [-0.3, -0.25) is 0 Å². The predicted octanol–water partition coefficient (Wildman–Crippen LogP) is 2.72. The molecule has 15 heavy (non-hydrogen) atoms. The summed E-state index contributed by atoms with van der Waals surface area (Å²) in [5, 5.41) is 3.52. The molecule has 2 rings (SSSR count). The van der Waals surface area contributed by atoms with E-state index in [0.717, 1.165) is 19.0 Å². The van der Waals surface area contributed by atoms with Crippen LogP contribution in [0.2, 0.25) is 0 Å². The Bertz CT molecular complexity index is 197. The van der Waals surface area contributed by atoms with E-state index in [-0.39, 0.29) is 5.60 Å². The van der Waals surface area contributed by atoms with Crippen molar-refractivity contribution in [2.24, 2.45) is 5.92 Å². The van der Waals surface area contributed by atoms with E-state index in [1.165, 1.54) is 38.5 Å². The van der Waals surface area contributed by atoms with Crippen LogP contribution in [0, 0.1) is 5.92 Å². The van der Waals surface area contributed by atoms with Crippen molar-refractivity contribution in [1.29, 1.82) is 0 Å². The van der Waals surface area contributed by atoms with Crippen molar-refractivity contribution in [2.75, 3.05) is 13.1 Å². The first-order valence-electron chi connectivity index (χ1n) is 6.63. The third-order valence-electron chi connectivity index (χ3n) is 4.04. The van der Waals surface area contributed by atoms with E-state index in [1.54, 1.807) is 0 Å². The molecular weight excluding hydrogens is 186 g/mol. The van der Waals surface area contributed by atoms with E-state index >= 15 is 0 Å². The Balaban J connectivity index is 1.85. The van der Waals surface area contributed by atoms with Gasteiger partial charge in [0.1, 0.15) is 0 Å². The van der Waals surface area contributed by atoms with Gasteiger partial charge in [0.15, 0.2) is 0 Å². The average Bonchev–Trinajstić information content (AvgIpc) is 2.22. The lowest BCUT2D eigenvalue weighted by Gasteiger charge is -2.45. The monoisotopic (exact) mass is 211 g/mol. The number of nitrogens with one attached hydrogen (secondary N) is 1. The van der Waals surface area contributed by atoms with Gasteiger partial charge in [-0.15, -0.1) is 0 Å². The summed E-state index contributed by atoms with van der Waals surface area (Å²) in [6.07, 6.45) is 8.46. The minimum absolute atomic E-state index is 0.196. The molecule has 0 amide bonds. The van der Waals surface area contributed by atoms with E-state index in [9.17, 15) is 0 Å². The molecule has 1 saturated heterocycles. The molecular formula is C13H25NO. The van der Waals surface area contributed by atoms with Crippen molar-refractivity contribution < 1.29 is 4.74 Å². The maximum Gasteiger partial charge on any atom is 0.0810 e. The van der Waals surface area contributed by atoms with Gasteiger partial charge in [0, 0.05) is 13.1 Å². The molecule has 2 nitrogen and oxygen atoms in total. The lowest BCUT2D eigenvalue weighted by Crippen LogP contribution is -2.54. The normalized spacial score (nSPS) is 42.0. The average molecular weight is 211 g/mol. The van der Waals surface area contributed by atoms with Crippen LogP contribution in [0.1, 0.15) is 52.4 Å². The highest BCUT2D eigenvalue weighted by molar-refractivity contribution is 4.92. The van der Waals surface area contributed by atoms with Gasteiger partial charge in [0.05, 0.1) is 11.7 Å². The van der Waals surface area contributed by atoms with Crippen LogP contribution >= 0.6 is 0 Å². The van der Waals surface area contributed by atoms with Crippen molar-refractivity contribution in [3.05, 3.63) is 0 Å². The quantitative estimate of drug-likeness (QED) is 0.758. The van der Waals surface area contributed by atoms with Crippen LogP contribution in [0.4, 0.5) is 0 Å². The van der Waals surface area contributed by atoms with E-state index in [0.29, 0.717) is 6.10 Å². The predicted molar refractivity (Wildman–Crippen MR) is 63.0 cm³/mol. The Morgan fingerprint density at radius 3 is 2.67 bits per heavy atom. The molecule has 1 atom stereocenters. The van der Waals surface area contributed by atoms with Gasteiger partial charge in [-0.1, -0.05) is 19.8 Å². The SMILES string of the molecule is CCCC1CCC2(CC1)CNCC(C)O2. The first-order chi connectivity index (χ1) is 7.24. The molecule has 1 unspecified atom stereocenters. The zero-order valence-corrected chi connectivity index (χ0v) is 10.2. The maximum absolute atomic E-state index is 6.18. The summed E-state index contributed by atoms with van der Waals surface area (Å²) in [7, 11) is 0. The number of hydrogen-bond acceptors (Lipinski definition) is 2. The molecule has 2 fully saturated rings. The second kappa shape index (κ2) is 4.84. The molecule has 1 N–H and O–H groups in total. The number of hydrogen-bond donors (Lipinski definition) is 1. The van der Waals surface area contributed by atoms with Crippen LogP contribution in [-0.2, 0) is 4.74 Å². The minimum Gasteiger partial charge on any atom is -0.369 e. The summed E-state index contributed by atoms with van der Waals surface area (Å²) in [6.45, 7) is 6.59. The molecule has 1 aliphatic heterocycles. The summed E-state index contributed by atoms with van der Waals surface area (Å²) in [5.41, 5.74) is 0.196. The van der Waals surface area contributed by atoms with Crippen molar-refractivity contribution in [3.8, 4) is 0 Å². The number of rotatable bonds is 2. The zero-order chi connectivity index (χ0) is 10.7. The van der Waals surface area contributed by atoms with Crippen LogP contribution in [0.3, 0.4) is 0 Å². The van der Waals surface area contributed by atoms with E-state index in [1.807, 2.05) is 0 Å². The Morgan fingerprint density at radius 2 is 2.07 bits per heavy atom. The number of morpholine rings is 1. The summed E-state index contributed by atoms with van der Waals surface area (Å²) in [4.78, 5) is 0. The van der Waals surface area contributed by atoms with Gasteiger partial charge in [-0.2, -0.15) is 0 Å². The van der Waals surface area contributed by atoms with E-state index < -0.39 is 0 Å². The Morgan fingerprint density at radius 1 is 1.33 bits per heavy atom. The maximum atomic E-state index is 6.18. The van der Waals surface area contributed by atoms with Gasteiger partial charge in [0.25, 0.3) is 0 Å². The molecule has 1 heterocycles. The Kier molecular flexibility index (Phi) is 3.68. The molecule has 0 radical (unpaired) electrons. The van der Waals surface area contributed by atoms with Crippen molar-refractivity contribution in [3.63, 3.8) is 0 Å². The molecule has 2 aliphatic rings. The van der Waals surface area contributed by atoms with Crippen LogP contribution in [-0.4, -0.2) is 24.8 Å². The van der Waals surface area contributed by atoms with Crippen molar-refractivity contribution in [2.45, 2.75) is 64.1 Å². The highest BCUT2D eigenvalue weighted by Gasteiger charge is 2.39. The Hall–Kier alpha value is -0.0800. The summed E-state index contributed by atoms with van der Waals surface area (Å²) in [5.74, 6) is 0.974. The van der Waals surface area contributed by atoms with Gasteiger partial charge in [-0.25, -0.2) is 0 Å². The van der Waals surface area contributed by atoms with Crippen LogP contribution in [0.5, 0.6) is 0 Å². The fourth-order valence-corrected chi connectivity index (χ4v) is 3.21. The molecule has 0 bridgehead atoms. The first-order valence-corrected chi connectivity index (χ1v) is 6.63. The molecule has 0 aromatic heterocycles. The van der Waals surface area contributed by atoms with E-state index in [2.05, 4.69) is 19.2 Å². The minimum atomic E-state index is 0.196. The standard InChI is InChI=1S/C13H25NO/c1-3-4-12-5-7-13(8-6-12)10-14-9-11(2)15-13/h11-12,14H,3-10H2,1-2H3. The summed E-state index contributed by atoms with van der Waals surface area (Å²) < 4.78 is 6.18. The second-order valence-electron chi connectivity index (χ2n) is 5.47. The molecule has 1 spiro atoms. The highest BCUT2D eigenvalue weighted by atomic mass is 16.5. The largest absolute Gasteiger partial charge is 0.369 e. The summed E-state index contributed by atoms with van der Waals surface area (Å²) >= 11 is 0. The van der Waals surface area contributed by atoms with E-state index in [4.69, 9.17) is 4.74 Å². The first kappa shape index (κ1) is 11.4. The zero-order valence-electron chi connectivity index (χ0n) is 10.2. The highest BCUT2D eigenvalue weighted by Crippen LogP contribution is 2.38. The van der Waals surface area contributed by atoms with Gasteiger partial charge in [0.2, 0.25) is 0 Å². The summed E-state index contributed by atoms with van der Waals surface area (Å²) in [6, 6.07) is 0. The van der Waals surface area contributed by atoms with Crippen LogP contribution < -0.4 is 5.32 Å². The smallest absolute Gasteiger partial charge is 0.0810 e.